The minimum atomic E-state index is 0.867. The molecule has 4 nitrogen and oxygen atoms in total. The molecule has 8 aromatic carbocycles. The third kappa shape index (κ3) is 4.41. The monoisotopic (exact) mass is 665 g/mol. The number of hydrogen-bond acceptors (Lipinski definition) is 1. The van der Waals surface area contributed by atoms with Gasteiger partial charge in [-0.2, -0.15) is 0 Å². The van der Waals surface area contributed by atoms with E-state index < -0.39 is 0 Å². The van der Waals surface area contributed by atoms with E-state index in [1.165, 1.54) is 21.8 Å². The van der Waals surface area contributed by atoms with E-state index in [-0.39, 0.29) is 0 Å². The largest absolute Gasteiger partial charge is 0.456 e. The van der Waals surface area contributed by atoms with Crippen molar-refractivity contribution in [3.8, 4) is 17.1 Å². The zero-order valence-corrected chi connectivity index (χ0v) is 28.1. The fraction of sp³-hybridized carbons (Fsp3) is 0. The van der Waals surface area contributed by atoms with E-state index in [2.05, 4.69) is 202 Å². The highest BCUT2D eigenvalue weighted by atomic mass is 16.3. The van der Waals surface area contributed by atoms with Gasteiger partial charge in [0.1, 0.15) is 11.2 Å². The predicted octanol–water partition coefficient (Wildman–Crippen LogP) is 12.8. The van der Waals surface area contributed by atoms with Crippen LogP contribution in [0.5, 0.6) is 0 Å². The molecular weight excluding hydrogens is 635 g/mol. The molecule has 0 saturated heterocycles. The van der Waals surface area contributed by atoms with Crippen LogP contribution in [-0.4, -0.2) is 13.7 Å². The summed E-state index contributed by atoms with van der Waals surface area (Å²) in [6.45, 7) is 0. The summed E-state index contributed by atoms with van der Waals surface area (Å²) in [7, 11) is 0. The number of nitrogens with zero attached hydrogens (tertiary/aromatic N) is 3. The normalized spacial score (nSPS) is 11.8. The molecule has 0 atom stereocenters. The quantitative estimate of drug-likeness (QED) is 0.185. The van der Waals surface area contributed by atoms with E-state index in [9.17, 15) is 0 Å². The molecule has 11 aromatic rings. The fourth-order valence-electron chi connectivity index (χ4n) is 8.11. The van der Waals surface area contributed by atoms with Crippen molar-refractivity contribution in [3.05, 3.63) is 188 Å². The Hall–Kier alpha value is -7.04. The van der Waals surface area contributed by atoms with Crippen LogP contribution < -0.4 is 0 Å². The van der Waals surface area contributed by atoms with Crippen molar-refractivity contribution in [1.29, 1.82) is 0 Å². The SMILES string of the molecule is c1ccc(-n2c3cccc(c3)c3cccc(c3)n(-c3ccc4c(c3)c3ccccc3n4-c3ccccc3)c3ccc4oc5ccc2cc5c4c3)cc1. The molecule has 3 aromatic heterocycles. The summed E-state index contributed by atoms with van der Waals surface area (Å²) in [4.78, 5) is 0. The van der Waals surface area contributed by atoms with Gasteiger partial charge < -0.3 is 18.1 Å². The minimum absolute atomic E-state index is 0.867. The van der Waals surface area contributed by atoms with E-state index in [1.54, 1.807) is 0 Å². The van der Waals surface area contributed by atoms with E-state index in [1.807, 2.05) is 0 Å². The molecule has 11 rings (SSSR count). The second kappa shape index (κ2) is 11.2. The summed E-state index contributed by atoms with van der Waals surface area (Å²) in [6, 6.07) is 67.6. The average Bonchev–Trinajstić information content (AvgIpc) is 3.74. The van der Waals surface area contributed by atoms with E-state index in [0.29, 0.717) is 0 Å². The number of furan rings is 1. The zero-order valence-electron chi connectivity index (χ0n) is 28.1. The molecule has 4 heteroatoms. The highest BCUT2D eigenvalue weighted by molar-refractivity contribution is 6.11. The molecule has 0 aliphatic rings. The number of para-hydroxylation sites is 3. The van der Waals surface area contributed by atoms with Gasteiger partial charge in [-0.05, 0) is 120 Å². The predicted molar refractivity (Wildman–Crippen MR) is 217 cm³/mol. The number of aromatic nitrogens is 3. The lowest BCUT2D eigenvalue weighted by Gasteiger charge is -2.14. The molecule has 8 bridgehead atoms. The highest BCUT2D eigenvalue weighted by Crippen LogP contribution is 2.36. The van der Waals surface area contributed by atoms with E-state index >= 15 is 0 Å². The Bertz CT molecular complexity index is 3230. The molecule has 0 aliphatic heterocycles. The van der Waals surface area contributed by atoms with Crippen molar-refractivity contribution < 1.29 is 4.42 Å². The Labute approximate surface area is 298 Å². The smallest absolute Gasteiger partial charge is 0.135 e. The number of rotatable bonds is 3. The van der Waals surface area contributed by atoms with Crippen molar-refractivity contribution in [1.82, 2.24) is 13.7 Å². The molecule has 0 unspecified atom stereocenters. The Balaban J connectivity index is 1.28. The highest BCUT2D eigenvalue weighted by Gasteiger charge is 2.15. The lowest BCUT2D eigenvalue weighted by molar-refractivity contribution is 0.669. The third-order valence-corrected chi connectivity index (χ3v) is 10.4. The van der Waals surface area contributed by atoms with Crippen molar-refractivity contribution >= 4 is 76.6 Å². The molecule has 0 saturated carbocycles. The number of benzene rings is 8. The van der Waals surface area contributed by atoms with Gasteiger partial charge >= 0.3 is 0 Å². The molecule has 0 fully saturated rings. The van der Waals surface area contributed by atoms with Crippen LogP contribution >= 0.6 is 0 Å². The maximum Gasteiger partial charge on any atom is 0.135 e. The summed E-state index contributed by atoms with van der Waals surface area (Å²) in [5.74, 6) is 0. The van der Waals surface area contributed by atoms with Gasteiger partial charge in [0.25, 0.3) is 0 Å². The first-order valence-electron chi connectivity index (χ1n) is 17.7. The van der Waals surface area contributed by atoms with Crippen LogP contribution in [0.4, 0.5) is 0 Å². The van der Waals surface area contributed by atoms with Crippen molar-refractivity contribution in [2.45, 2.75) is 0 Å². The first-order chi connectivity index (χ1) is 25.8. The van der Waals surface area contributed by atoms with Gasteiger partial charge in [0.2, 0.25) is 0 Å². The van der Waals surface area contributed by atoms with Crippen molar-refractivity contribution in [2.24, 2.45) is 0 Å². The Morgan fingerprint density at radius 2 is 0.808 bits per heavy atom. The standard InChI is InChI=1S/C48H31N3O/c1-3-13-34(14-4-1)49-36-17-9-11-32(27-36)33-12-10-18-37(28-33)50(40-23-26-48-44(31-40)43-30-39(49)22-25-47(43)52-48)38-21-24-46-42(29-38)41-19-7-8-20-45(41)51(46)35-15-5-2-6-16-35/h1-31H. The Kier molecular flexibility index (Phi) is 6.22. The van der Waals surface area contributed by atoms with Gasteiger partial charge in [-0.25, -0.2) is 0 Å². The van der Waals surface area contributed by atoms with Crippen LogP contribution in [-0.2, 0) is 0 Å². The molecule has 0 N–H and O–H groups in total. The topological polar surface area (TPSA) is 27.9 Å². The van der Waals surface area contributed by atoms with Gasteiger partial charge in [-0.1, -0.05) is 78.9 Å². The van der Waals surface area contributed by atoms with Crippen LogP contribution in [0.3, 0.4) is 0 Å². The van der Waals surface area contributed by atoms with Crippen molar-refractivity contribution in [3.63, 3.8) is 0 Å². The molecule has 0 amide bonds. The maximum atomic E-state index is 6.46. The van der Waals surface area contributed by atoms with Crippen molar-refractivity contribution in [2.75, 3.05) is 0 Å². The van der Waals surface area contributed by atoms with Gasteiger partial charge in [0.05, 0.1) is 11.0 Å². The first-order valence-corrected chi connectivity index (χ1v) is 17.7. The summed E-state index contributed by atoms with van der Waals surface area (Å²) in [5, 5.41) is 6.90. The molecule has 3 heterocycles. The molecule has 52 heavy (non-hydrogen) atoms. The molecule has 0 radical (unpaired) electrons. The summed E-state index contributed by atoms with van der Waals surface area (Å²) >= 11 is 0. The summed E-state index contributed by atoms with van der Waals surface area (Å²) in [6.07, 6.45) is 0. The van der Waals surface area contributed by atoms with Crippen LogP contribution in [0.1, 0.15) is 0 Å². The van der Waals surface area contributed by atoms with Gasteiger partial charge in [-0.15, -0.1) is 0 Å². The first kappa shape index (κ1) is 28.8. The Morgan fingerprint density at radius 1 is 0.288 bits per heavy atom. The minimum Gasteiger partial charge on any atom is -0.456 e. The average molecular weight is 666 g/mol. The molecular formula is C48H31N3O. The molecule has 0 spiro atoms. The number of fused-ring (bicyclic) bond motifs is 10. The third-order valence-electron chi connectivity index (χ3n) is 10.4. The van der Waals surface area contributed by atoms with Crippen LogP contribution in [0.2, 0.25) is 0 Å². The summed E-state index contributed by atoms with van der Waals surface area (Å²) in [5.41, 5.74) is 11.8. The molecule has 0 aliphatic carbocycles. The maximum absolute atomic E-state index is 6.46. The molecule has 244 valence electrons. The summed E-state index contributed by atoms with van der Waals surface area (Å²) < 4.78 is 13.5. The van der Waals surface area contributed by atoms with Gasteiger partial charge in [0, 0.05) is 60.7 Å². The van der Waals surface area contributed by atoms with Gasteiger partial charge in [0.15, 0.2) is 0 Å². The lowest BCUT2D eigenvalue weighted by atomic mass is 10.1. The second-order valence-corrected chi connectivity index (χ2v) is 13.5. The zero-order chi connectivity index (χ0) is 34.2. The van der Waals surface area contributed by atoms with Gasteiger partial charge in [-0.3, -0.25) is 0 Å². The van der Waals surface area contributed by atoms with Crippen LogP contribution in [0.15, 0.2) is 192 Å². The fourth-order valence-corrected chi connectivity index (χ4v) is 8.11. The lowest BCUT2D eigenvalue weighted by Crippen LogP contribution is -1.98. The van der Waals surface area contributed by atoms with E-state index in [4.69, 9.17) is 4.42 Å². The second-order valence-electron chi connectivity index (χ2n) is 13.5. The van der Waals surface area contributed by atoms with Crippen LogP contribution in [0.25, 0.3) is 93.6 Å². The van der Waals surface area contributed by atoms with E-state index in [0.717, 1.165) is 71.8 Å². The Morgan fingerprint density at radius 3 is 1.44 bits per heavy atom. The van der Waals surface area contributed by atoms with Crippen LogP contribution in [0, 0.1) is 0 Å². The number of hydrogen-bond donors (Lipinski definition) is 0.